The van der Waals surface area contributed by atoms with Crippen LogP contribution in [0.4, 0.5) is 0 Å². The normalized spacial score (nSPS) is 29.7. The van der Waals surface area contributed by atoms with Crippen LogP contribution in [0, 0.1) is 0 Å². The van der Waals surface area contributed by atoms with Crippen molar-refractivity contribution in [3.05, 3.63) is 0 Å². The molecule has 2 aliphatic rings. The Bertz CT molecular complexity index is 257. The number of hydrogen-bond acceptors (Lipinski definition) is 4. The number of hydrogen-bond donors (Lipinski definition) is 1. The van der Waals surface area contributed by atoms with Crippen molar-refractivity contribution in [2.24, 2.45) is 0 Å². The van der Waals surface area contributed by atoms with Crippen LogP contribution in [0.15, 0.2) is 0 Å². The molecule has 0 bridgehead atoms. The fourth-order valence-electron chi connectivity index (χ4n) is 2.59. The molecule has 1 amide bonds. The van der Waals surface area contributed by atoms with E-state index >= 15 is 0 Å². The summed E-state index contributed by atoms with van der Waals surface area (Å²) in [6, 6.07) is 0.596. The van der Waals surface area contributed by atoms with E-state index < -0.39 is 0 Å². The van der Waals surface area contributed by atoms with Gasteiger partial charge in [-0.3, -0.25) is 9.69 Å². The number of thioether (sulfide) groups is 1. The van der Waals surface area contributed by atoms with Crippen molar-refractivity contribution in [2.45, 2.75) is 31.3 Å². The van der Waals surface area contributed by atoms with Gasteiger partial charge in [-0.1, -0.05) is 0 Å². The summed E-state index contributed by atoms with van der Waals surface area (Å²) >= 11 is 1.71. The average Bonchev–Trinajstić information content (AvgIpc) is 2.95. The number of nitrogens with zero attached hydrogens (tertiary/aromatic N) is 1. The second kappa shape index (κ2) is 6.61. The van der Waals surface area contributed by atoms with E-state index in [-0.39, 0.29) is 11.9 Å². The summed E-state index contributed by atoms with van der Waals surface area (Å²) in [6.45, 7) is 3.76. The molecule has 98 valence electrons. The fraction of sp³-hybridized carbons (Fsp3) is 0.917. The Labute approximate surface area is 107 Å². The second-order valence-corrected chi connectivity index (χ2v) is 5.75. The van der Waals surface area contributed by atoms with Gasteiger partial charge in [0.25, 0.3) is 0 Å². The molecule has 0 aromatic rings. The van der Waals surface area contributed by atoms with E-state index in [1.54, 1.807) is 11.8 Å². The first-order valence-corrected chi connectivity index (χ1v) is 7.80. The third kappa shape index (κ3) is 3.60. The van der Waals surface area contributed by atoms with Gasteiger partial charge in [0.15, 0.2) is 0 Å². The van der Waals surface area contributed by atoms with Crippen LogP contribution in [0.25, 0.3) is 0 Å². The minimum Gasteiger partial charge on any atom is -0.378 e. The third-order valence-electron chi connectivity index (χ3n) is 3.54. The van der Waals surface area contributed by atoms with Gasteiger partial charge in [0, 0.05) is 12.2 Å². The molecule has 17 heavy (non-hydrogen) atoms. The standard InChI is InChI=1S/C12H22N2O2S/c1-17-7-4-12(15)13-10-8-16-9-11(10)14-5-2-3-6-14/h10-11H,2-9H2,1H3,(H,13,15)/t10-,11-/m0/s1. The first-order chi connectivity index (χ1) is 8.31. The molecule has 5 heteroatoms. The SMILES string of the molecule is CSCCC(=O)N[C@H]1COC[C@@H]1N1CCCC1. The van der Waals surface area contributed by atoms with Crippen molar-refractivity contribution >= 4 is 17.7 Å². The van der Waals surface area contributed by atoms with E-state index in [1.807, 2.05) is 6.26 Å². The maximum atomic E-state index is 11.7. The number of likely N-dealkylation sites (tertiary alicyclic amines) is 1. The Morgan fingerprint density at radius 3 is 2.88 bits per heavy atom. The Morgan fingerprint density at radius 2 is 2.18 bits per heavy atom. The maximum absolute atomic E-state index is 11.7. The lowest BCUT2D eigenvalue weighted by atomic mass is 10.1. The van der Waals surface area contributed by atoms with Crippen LogP contribution in [0.2, 0.25) is 0 Å². The predicted molar refractivity (Wildman–Crippen MR) is 70.3 cm³/mol. The Morgan fingerprint density at radius 1 is 1.41 bits per heavy atom. The molecule has 0 radical (unpaired) electrons. The number of carbonyl (C=O) groups is 1. The second-order valence-electron chi connectivity index (χ2n) is 4.76. The monoisotopic (exact) mass is 258 g/mol. The van der Waals surface area contributed by atoms with E-state index in [0.29, 0.717) is 19.1 Å². The molecule has 0 spiro atoms. The highest BCUT2D eigenvalue weighted by atomic mass is 32.2. The van der Waals surface area contributed by atoms with Crippen LogP contribution in [-0.4, -0.2) is 61.2 Å². The molecule has 1 N–H and O–H groups in total. The van der Waals surface area contributed by atoms with Crippen molar-refractivity contribution in [3.8, 4) is 0 Å². The smallest absolute Gasteiger partial charge is 0.221 e. The van der Waals surface area contributed by atoms with Gasteiger partial charge in [-0.2, -0.15) is 11.8 Å². The Kier molecular flexibility index (Phi) is 5.13. The van der Waals surface area contributed by atoms with Gasteiger partial charge >= 0.3 is 0 Å². The van der Waals surface area contributed by atoms with Crippen molar-refractivity contribution in [1.82, 2.24) is 10.2 Å². The third-order valence-corrected chi connectivity index (χ3v) is 4.15. The summed E-state index contributed by atoms with van der Waals surface area (Å²) < 4.78 is 5.53. The quantitative estimate of drug-likeness (QED) is 0.789. The largest absolute Gasteiger partial charge is 0.378 e. The maximum Gasteiger partial charge on any atom is 0.221 e. The van der Waals surface area contributed by atoms with E-state index in [9.17, 15) is 4.79 Å². The number of ether oxygens (including phenoxy) is 1. The number of carbonyl (C=O) groups excluding carboxylic acids is 1. The van der Waals surface area contributed by atoms with Crippen LogP contribution in [0.5, 0.6) is 0 Å². The van der Waals surface area contributed by atoms with Gasteiger partial charge < -0.3 is 10.1 Å². The summed E-state index contributed by atoms with van der Waals surface area (Å²) in [4.78, 5) is 14.2. The molecular formula is C12H22N2O2S. The first-order valence-electron chi connectivity index (χ1n) is 6.41. The molecule has 0 aliphatic carbocycles. The van der Waals surface area contributed by atoms with Gasteiger partial charge in [0.05, 0.1) is 25.3 Å². The number of amides is 1. The van der Waals surface area contributed by atoms with Crippen molar-refractivity contribution < 1.29 is 9.53 Å². The Balaban J connectivity index is 1.80. The lowest BCUT2D eigenvalue weighted by Crippen LogP contribution is -2.50. The summed E-state index contributed by atoms with van der Waals surface area (Å²) in [5.41, 5.74) is 0. The van der Waals surface area contributed by atoms with E-state index in [1.165, 1.54) is 12.8 Å². The predicted octanol–water partition coefficient (Wildman–Crippen LogP) is 0.719. The molecule has 2 aliphatic heterocycles. The fourth-order valence-corrected chi connectivity index (χ4v) is 2.98. The summed E-state index contributed by atoms with van der Waals surface area (Å²) in [5, 5.41) is 3.12. The van der Waals surface area contributed by atoms with Gasteiger partial charge in [-0.05, 0) is 32.2 Å². The summed E-state index contributed by atoms with van der Waals surface area (Å²) in [5.74, 6) is 1.06. The topological polar surface area (TPSA) is 41.6 Å². The van der Waals surface area contributed by atoms with E-state index in [2.05, 4.69) is 10.2 Å². The van der Waals surface area contributed by atoms with Gasteiger partial charge in [-0.15, -0.1) is 0 Å². The van der Waals surface area contributed by atoms with Gasteiger partial charge in [0.2, 0.25) is 5.91 Å². The average molecular weight is 258 g/mol. The molecule has 2 rings (SSSR count). The first kappa shape index (κ1) is 13.2. The molecule has 2 heterocycles. The molecule has 4 nitrogen and oxygen atoms in total. The van der Waals surface area contributed by atoms with Crippen molar-refractivity contribution in [1.29, 1.82) is 0 Å². The number of rotatable bonds is 5. The molecule has 2 saturated heterocycles. The zero-order valence-electron chi connectivity index (χ0n) is 10.5. The van der Waals surface area contributed by atoms with Crippen LogP contribution in [0.3, 0.4) is 0 Å². The van der Waals surface area contributed by atoms with Crippen molar-refractivity contribution in [2.75, 3.05) is 38.3 Å². The van der Waals surface area contributed by atoms with Crippen LogP contribution < -0.4 is 5.32 Å². The van der Waals surface area contributed by atoms with Gasteiger partial charge in [0.1, 0.15) is 0 Å². The molecule has 0 unspecified atom stereocenters. The number of nitrogens with one attached hydrogen (secondary N) is 1. The zero-order valence-corrected chi connectivity index (χ0v) is 11.3. The Hall–Kier alpha value is -0.260. The van der Waals surface area contributed by atoms with Gasteiger partial charge in [-0.25, -0.2) is 0 Å². The van der Waals surface area contributed by atoms with Crippen LogP contribution >= 0.6 is 11.8 Å². The lowest BCUT2D eigenvalue weighted by Gasteiger charge is -2.27. The summed E-state index contributed by atoms with van der Waals surface area (Å²) in [6.07, 6.45) is 5.21. The molecule has 0 saturated carbocycles. The highest BCUT2D eigenvalue weighted by molar-refractivity contribution is 7.98. The molecule has 2 atom stereocenters. The minimum atomic E-state index is 0.166. The molecule has 0 aromatic heterocycles. The minimum absolute atomic E-state index is 0.166. The van der Waals surface area contributed by atoms with E-state index in [0.717, 1.165) is 25.4 Å². The van der Waals surface area contributed by atoms with Crippen molar-refractivity contribution in [3.63, 3.8) is 0 Å². The highest BCUT2D eigenvalue weighted by Crippen LogP contribution is 2.19. The molecule has 2 fully saturated rings. The van der Waals surface area contributed by atoms with Crippen LogP contribution in [0.1, 0.15) is 19.3 Å². The van der Waals surface area contributed by atoms with E-state index in [4.69, 9.17) is 4.74 Å². The zero-order chi connectivity index (χ0) is 12.1. The lowest BCUT2D eigenvalue weighted by molar-refractivity contribution is -0.121. The molecule has 0 aromatic carbocycles. The molecular weight excluding hydrogens is 236 g/mol. The highest BCUT2D eigenvalue weighted by Gasteiger charge is 2.34. The van der Waals surface area contributed by atoms with Crippen LogP contribution in [-0.2, 0) is 9.53 Å². The summed E-state index contributed by atoms with van der Waals surface area (Å²) in [7, 11) is 0.